The lowest BCUT2D eigenvalue weighted by Crippen LogP contribution is -2.24. The molecule has 2 aromatic heterocycles. The number of rotatable bonds is 3. The summed E-state index contributed by atoms with van der Waals surface area (Å²) >= 11 is 1.26. The summed E-state index contributed by atoms with van der Waals surface area (Å²) in [4.78, 5) is 43.7. The van der Waals surface area contributed by atoms with Crippen molar-refractivity contribution in [3.8, 4) is 0 Å². The third kappa shape index (κ3) is 3.52. The molecule has 2 N–H and O–H groups in total. The molecule has 1 aromatic carbocycles. The highest BCUT2D eigenvalue weighted by Gasteiger charge is 2.22. The average molecular weight is 425 g/mol. The van der Waals surface area contributed by atoms with Crippen molar-refractivity contribution in [3.63, 3.8) is 0 Å². The van der Waals surface area contributed by atoms with Crippen LogP contribution in [0.4, 0.5) is 5.69 Å². The van der Waals surface area contributed by atoms with Crippen LogP contribution in [0.15, 0.2) is 23.0 Å². The van der Waals surface area contributed by atoms with E-state index in [0.29, 0.717) is 38.5 Å². The van der Waals surface area contributed by atoms with Gasteiger partial charge in [0.2, 0.25) is 0 Å². The Bertz CT molecular complexity index is 1230. The first-order valence-corrected chi connectivity index (χ1v) is 10.9. The molecular formula is C22H24N4O3S. The lowest BCUT2D eigenvalue weighted by Gasteiger charge is -2.10. The Labute approximate surface area is 178 Å². The number of carbonyl (C=O) groups excluding carboxylic acids is 2. The van der Waals surface area contributed by atoms with Gasteiger partial charge in [-0.05, 0) is 56.0 Å². The molecule has 1 aliphatic rings. The topological polar surface area (TPSA) is 93.1 Å². The van der Waals surface area contributed by atoms with Gasteiger partial charge in [0.25, 0.3) is 17.4 Å². The van der Waals surface area contributed by atoms with Crippen LogP contribution in [-0.4, -0.2) is 28.4 Å². The Morgan fingerprint density at radius 3 is 2.67 bits per heavy atom. The molecule has 0 fully saturated rings. The fraction of sp³-hybridized carbons (Fsp3) is 0.364. The van der Waals surface area contributed by atoms with Crippen LogP contribution in [0, 0.1) is 13.8 Å². The standard InChI is InChI=1S/C22H24N4O3S/c1-12-11-14(19(27)23-3)8-9-15(12)24-20(28)18-13(2)17-21(30-18)25-16-7-5-4-6-10-26(16)22(17)29/h8-9,11H,4-7,10H2,1-3H3,(H,23,27)(H,24,28). The lowest BCUT2D eigenvalue weighted by molar-refractivity contribution is 0.0962. The maximum atomic E-state index is 13.1. The Morgan fingerprint density at radius 2 is 1.93 bits per heavy atom. The average Bonchev–Trinajstić information content (AvgIpc) is 2.89. The van der Waals surface area contributed by atoms with Crippen LogP contribution in [0.1, 0.15) is 56.2 Å². The van der Waals surface area contributed by atoms with Gasteiger partial charge in [-0.2, -0.15) is 0 Å². The SMILES string of the molecule is CNC(=O)c1ccc(NC(=O)c2sc3nc4n(c(=O)c3c2C)CCCCC4)c(C)c1. The van der Waals surface area contributed by atoms with E-state index >= 15 is 0 Å². The summed E-state index contributed by atoms with van der Waals surface area (Å²) in [6, 6.07) is 5.12. The molecule has 30 heavy (non-hydrogen) atoms. The predicted octanol–water partition coefficient (Wildman–Crippen LogP) is 3.41. The van der Waals surface area contributed by atoms with Gasteiger partial charge in [-0.1, -0.05) is 6.42 Å². The van der Waals surface area contributed by atoms with Crippen molar-refractivity contribution in [2.45, 2.75) is 46.1 Å². The van der Waals surface area contributed by atoms with E-state index in [1.807, 2.05) is 13.8 Å². The minimum Gasteiger partial charge on any atom is -0.355 e. The summed E-state index contributed by atoms with van der Waals surface area (Å²) in [6.45, 7) is 4.33. The van der Waals surface area contributed by atoms with Crippen molar-refractivity contribution in [1.29, 1.82) is 0 Å². The molecule has 0 saturated heterocycles. The first kappa shape index (κ1) is 20.3. The molecule has 2 amide bonds. The van der Waals surface area contributed by atoms with Crippen molar-refractivity contribution < 1.29 is 9.59 Å². The largest absolute Gasteiger partial charge is 0.355 e. The van der Waals surface area contributed by atoms with Crippen molar-refractivity contribution >= 4 is 39.1 Å². The molecule has 0 unspecified atom stereocenters. The highest BCUT2D eigenvalue weighted by molar-refractivity contribution is 7.20. The molecule has 0 aliphatic carbocycles. The van der Waals surface area contributed by atoms with Crippen molar-refractivity contribution in [2.75, 3.05) is 12.4 Å². The third-order valence-corrected chi connectivity index (χ3v) is 6.77. The predicted molar refractivity (Wildman–Crippen MR) is 119 cm³/mol. The molecule has 0 spiro atoms. The van der Waals surface area contributed by atoms with E-state index in [9.17, 15) is 14.4 Å². The summed E-state index contributed by atoms with van der Waals surface area (Å²) in [5.41, 5.74) is 2.57. The highest BCUT2D eigenvalue weighted by Crippen LogP contribution is 2.29. The van der Waals surface area contributed by atoms with Crippen molar-refractivity contribution in [1.82, 2.24) is 14.9 Å². The minimum absolute atomic E-state index is 0.0455. The van der Waals surface area contributed by atoms with E-state index in [2.05, 4.69) is 10.6 Å². The number of thiophene rings is 1. The van der Waals surface area contributed by atoms with Gasteiger partial charge in [-0.3, -0.25) is 19.0 Å². The van der Waals surface area contributed by atoms with Gasteiger partial charge in [0.1, 0.15) is 10.7 Å². The smallest absolute Gasteiger partial charge is 0.266 e. The van der Waals surface area contributed by atoms with Crippen molar-refractivity contribution in [3.05, 3.63) is 55.9 Å². The molecule has 0 radical (unpaired) electrons. The van der Waals surface area contributed by atoms with Gasteiger partial charge in [0.15, 0.2) is 0 Å². The lowest BCUT2D eigenvalue weighted by atomic mass is 10.1. The van der Waals surface area contributed by atoms with Gasteiger partial charge in [0.05, 0.1) is 10.3 Å². The Balaban J connectivity index is 1.69. The number of aromatic nitrogens is 2. The zero-order valence-corrected chi connectivity index (χ0v) is 18.1. The fourth-order valence-electron chi connectivity index (χ4n) is 3.90. The number of hydrogen-bond acceptors (Lipinski definition) is 5. The van der Waals surface area contributed by atoms with Crippen molar-refractivity contribution in [2.24, 2.45) is 0 Å². The molecule has 3 aromatic rings. The summed E-state index contributed by atoms with van der Waals surface area (Å²) in [6.07, 6.45) is 3.89. The maximum absolute atomic E-state index is 13.1. The normalized spacial score (nSPS) is 13.6. The number of nitrogens with zero attached hydrogens (tertiary/aromatic N) is 2. The number of anilines is 1. The molecular weight excluding hydrogens is 400 g/mol. The molecule has 8 heteroatoms. The molecule has 0 saturated carbocycles. The van der Waals surface area contributed by atoms with Gasteiger partial charge in [-0.15, -0.1) is 11.3 Å². The number of carbonyl (C=O) groups is 2. The number of aryl methyl sites for hydroxylation is 3. The third-order valence-electron chi connectivity index (χ3n) is 5.58. The van der Waals surface area contributed by atoms with Crippen LogP contribution in [-0.2, 0) is 13.0 Å². The van der Waals surface area contributed by atoms with E-state index in [-0.39, 0.29) is 17.4 Å². The molecule has 156 valence electrons. The van der Waals surface area contributed by atoms with E-state index in [1.54, 1.807) is 29.8 Å². The van der Waals surface area contributed by atoms with E-state index in [1.165, 1.54) is 11.3 Å². The van der Waals surface area contributed by atoms with Crippen LogP contribution < -0.4 is 16.2 Å². The van der Waals surface area contributed by atoms with Crippen LogP contribution in [0.3, 0.4) is 0 Å². The quantitative estimate of drug-likeness (QED) is 0.674. The molecule has 0 atom stereocenters. The Kier molecular flexibility index (Phi) is 5.42. The first-order valence-electron chi connectivity index (χ1n) is 10.1. The van der Waals surface area contributed by atoms with Crippen LogP contribution >= 0.6 is 11.3 Å². The number of fused-ring (bicyclic) bond motifs is 2. The monoisotopic (exact) mass is 424 g/mol. The van der Waals surface area contributed by atoms with Crippen LogP contribution in [0.25, 0.3) is 10.2 Å². The number of hydrogen-bond donors (Lipinski definition) is 2. The van der Waals surface area contributed by atoms with E-state index < -0.39 is 0 Å². The summed E-state index contributed by atoms with van der Waals surface area (Å²) in [5, 5.41) is 6.04. The maximum Gasteiger partial charge on any atom is 0.266 e. The van der Waals surface area contributed by atoms with Gasteiger partial charge in [-0.25, -0.2) is 4.98 Å². The molecule has 7 nitrogen and oxygen atoms in total. The Morgan fingerprint density at radius 1 is 1.13 bits per heavy atom. The minimum atomic E-state index is -0.272. The summed E-state index contributed by atoms with van der Waals surface area (Å²) in [5.74, 6) is 0.368. The zero-order valence-electron chi connectivity index (χ0n) is 17.3. The summed E-state index contributed by atoms with van der Waals surface area (Å²) < 4.78 is 1.78. The number of nitrogens with one attached hydrogen (secondary N) is 2. The molecule has 1 aliphatic heterocycles. The van der Waals surface area contributed by atoms with Gasteiger partial charge >= 0.3 is 0 Å². The van der Waals surface area contributed by atoms with Crippen LogP contribution in [0.2, 0.25) is 0 Å². The number of amides is 2. The van der Waals surface area contributed by atoms with Gasteiger partial charge < -0.3 is 10.6 Å². The van der Waals surface area contributed by atoms with E-state index in [0.717, 1.165) is 37.1 Å². The molecule has 4 rings (SSSR count). The second-order valence-corrected chi connectivity index (χ2v) is 8.59. The summed E-state index contributed by atoms with van der Waals surface area (Å²) in [7, 11) is 1.58. The van der Waals surface area contributed by atoms with E-state index in [4.69, 9.17) is 4.98 Å². The second-order valence-electron chi connectivity index (χ2n) is 7.59. The highest BCUT2D eigenvalue weighted by atomic mass is 32.1. The molecule has 3 heterocycles. The fourth-order valence-corrected chi connectivity index (χ4v) is 4.98. The zero-order chi connectivity index (χ0) is 21.4. The Hall–Kier alpha value is -3.00. The van der Waals surface area contributed by atoms with Gasteiger partial charge in [0, 0.05) is 31.3 Å². The van der Waals surface area contributed by atoms with Crippen LogP contribution in [0.5, 0.6) is 0 Å². The second kappa shape index (κ2) is 8.02. The molecule has 0 bridgehead atoms. The first-order chi connectivity index (χ1) is 14.4. The number of benzene rings is 1.